The lowest BCUT2D eigenvalue weighted by Gasteiger charge is -2.32. The van der Waals surface area contributed by atoms with Crippen LogP contribution < -0.4 is 16.2 Å². The van der Waals surface area contributed by atoms with Crippen molar-refractivity contribution in [2.45, 2.75) is 32.7 Å². The number of allylic oxidation sites excluding steroid dienone is 1. The lowest BCUT2D eigenvalue weighted by molar-refractivity contribution is -0.128. The molecule has 0 aliphatic carbocycles. The maximum Gasteiger partial charge on any atom is 0.335 e. The quantitative estimate of drug-likeness (QED) is 0.295. The van der Waals surface area contributed by atoms with Gasteiger partial charge in [-0.1, -0.05) is 38.1 Å². The van der Waals surface area contributed by atoms with Gasteiger partial charge < -0.3 is 15.4 Å². The highest BCUT2D eigenvalue weighted by Crippen LogP contribution is 2.29. The molecule has 1 fully saturated rings. The van der Waals surface area contributed by atoms with E-state index in [9.17, 15) is 14.9 Å². The van der Waals surface area contributed by atoms with E-state index in [2.05, 4.69) is 9.97 Å². The van der Waals surface area contributed by atoms with Crippen LogP contribution in [-0.2, 0) is 4.79 Å². The Morgan fingerprint density at radius 2 is 1.74 bits per heavy atom. The van der Waals surface area contributed by atoms with Gasteiger partial charge in [-0.2, -0.15) is 5.26 Å². The normalized spacial score (nSPS) is 14.5. The number of likely N-dealkylation sites (tertiary alicyclic amines) is 1. The Bertz CT molecular complexity index is 1620. The fourth-order valence-electron chi connectivity index (χ4n) is 4.91. The Balaban J connectivity index is 1.44. The fraction of sp³-hybridized carbons (Fsp3) is 0.276. The third-order valence-corrected chi connectivity index (χ3v) is 6.72. The van der Waals surface area contributed by atoms with E-state index in [1.807, 2.05) is 50.2 Å². The number of nitrogen functional groups attached to an aromatic ring is 1. The number of hydrogen-bond donors (Lipinski definition) is 1. The summed E-state index contributed by atoms with van der Waals surface area (Å²) in [5.41, 5.74) is 7.60. The summed E-state index contributed by atoms with van der Waals surface area (Å²) in [7, 11) is 0. The molecule has 2 aromatic heterocycles. The first-order valence-corrected chi connectivity index (χ1v) is 12.8. The largest absolute Gasteiger partial charge is 0.457 e. The number of ether oxygens (including phenoxy) is 1. The Kier molecular flexibility index (Phi) is 7.14. The van der Waals surface area contributed by atoms with Crippen LogP contribution in [0.5, 0.6) is 11.5 Å². The standard InChI is InChI=1S/C29H29N7O3/c1-19(2)16-20(17-30)28(37)34-14-12-22(13-15-34)36-27-25(26(31)32-18-33-27)35(29(36)38)21-8-10-24(11-9-21)39-23-6-4-3-5-7-23/h3-11,16,18-19,22H,12-15H2,1-2H3,(H2,31,32,33). The first-order valence-electron chi connectivity index (χ1n) is 12.8. The maximum atomic E-state index is 13.8. The van der Waals surface area contributed by atoms with Crippen LogP contribution in [0.3, 0.4) is 0 Å². The van der Waals surface area contributed by atoms with E-state index in [1.165, 1.54) is 10.9 Å². The Morgan fingerprint density at radius 1 is 1.08 bits per heavy atom. The second kappa shape index (κ2) is 10.8. The molecule has 4 aromatic rings. The number of fused-ring (bicyclic) bond motifs is 1. The summed E-state index contributed by atoms with van der Waals surface area (Å²) in [6, 6.07) is 18.4. The van der Waals surface area contributed by atoms with Gasteiger partial charge in [-0.3, -0.25) is 13.9 Å². The number of rotatable bonds is 6. The lowest BCUT2D eigenvalue weighted by Crippen LogP contribution is -2.41. The zero-order valence-electron chi connectivity index (χ0n) is 21.8. The zero-order chi connectivity index (χ0) is 27.5. The van der Waals surface area contributed by atoms with Gasteiger partial charge in [-0.25, -0.2) is 14.8 Å². The fourth-order valence-corrected chi connectivity index (χ4v) is 4.91. The number of benzene rings is 2. The van der Waals surface area contributed by atoms with Crippen LogP contribution in [0.1, 0.15) is 32.7 Å². The smallest absolute Gasteiger partial charge is 0.335 e. The third kappa shape index (κ3) is 5.11. The number of nitrogens with zero attached hydrogens (tertiary/aromatic N) is 6. The molecule has 1 aliphatic heterocycles. The summed E-state index contributed by atoms with van der Waals surface area (Å²) in [6.07, 6.45) is 4.11. The highest BCUT2D eigenvalue weighted by molar-refractivity contribution is 5.97. The molecular weight excluding hydrogens is 494 g/mol. The first-order chi connectivity index (χ1) is 18.9. The third-order valence-electron chi connectivity index (χ3n) is 6.72. The van der Waals surface area contributed by atoms with Gasteiger partial charge in [-0.15, -0.1) is 0 Å². The average molecular weight is 524 g/mol. The number of hydrogen-bond acceptors (Lipinski definition) is 7. The number of amides is 1. The molecule has 1 amide bonds. The number of piperidine rings is 1. The molecule has 0 atom stereocenters. The van der Waals surface area contributed by atoms with Gasteiger partial charge in [0.25, 0.3) is 5.91 Å². The molecule has 10 heteroatoms. The lowest BCUT2D eigenvalue weighted by atomic mass is 10.0. The molecule has 5 rings (SSSR count). The molecule has 2 aromatic carbocycles. The van der Waals surface area contributed by atoms with E-state index in [0.29, 0.717) is 54.3 Å². The monoisotopic (exact) mass is 523 g/mol. The van der Waals surface area contributed by atoms with Crippen molar-refractivity contribution in [2.75, 3.05) is 18.8 Å². The van der Waals surface area contributed by atoms with Crippen molar-refractivity contribution in [3.63, 3.8) is 0 Å². The minimum atomic E-state index is -0.281. The van der Waals surface area contributed by atoms with Gasteiger partial charge in [-0.05, 0) is 55.2 Å². The predicted octanol–water partition coefficient (Wildman–Crippen LogP) is 4.23. The minimum Gasteiger partial charge on any atom is -0.457 e. The van der Waals surface area contributed by atoms with Gasteiger partial charge in [0.1, 0.15) is 35.0 Å². The van der Waals surface area contributed by atoms with E-state index >= 15 is 0 Å². The number of anilines is 1. The molecule has 39 heavy (non-hydrogen) atoms. The Labute approximate surface area is 225 Å². The first kappa shape index (κ1) is 25.7. The highest BCUT2D eigenvalue weighted by atomic mass is 16.5. The second-order valence-corrected chi connectivity index (χ2v) is 9.79. The van der Waals surface area contributed by atoms with Crippen molar-refractivity contribution in [2.24, 2.45) is 5.92 Å². The molecule has 10 nitrogen and oxygen atoms in total. The topological polar surface area (TPSA) is 132 Å². The van der Waals surface area contributed by atoms with Gasteiger partial charge in [0.2, 0.25) is 0 Å². The van der Waals surface area contributed by atoms with E-state index in [-0.39, 0.29) is 34.9 Å². The van der Waals surface area contributed by atoms with E-state index < -0.39 is 0 Å². The molecule has 1 aliphatic rings. The summed E-state index contributed by atoms with van der Waals surface area (Å²) in [5.74, 6) is 1.36. The summed E-state index contributed by atoms with van der Waals surface area (Å²) < 4.78 is 9.06. The van der Waals surface area contributed by atoms with E-state index in [4.69, 9.17) is 10.5 Å². The molecular formula is C29H29N7O3. The van der Waals surface area contributed by atoms with Gasteiger partial charge in [0, 0.05) is 19.1 Å². The van der Waals surface area contributed by atoms with Crippen LogP contribution in [0.15, 0.2) is 77.4 Å². The van der Waals surface area contributed by atoms with Gasteiger partial charge >= 0.3 is 5.69 Å². The summed E-state index contributed by atoms with van der Waals surface area (Å²) in [6.45, 7) is 4.70. The van der Waals surface area contributed by atoms with Crippen molar-refractivity contribution in [3.8, 4) is 23.3 Å². The molecule has 0 saturated carbocycles. The van der Waals surface area contributed by atoms with E-state index in [0.717, 1.165) is 0 Å². The molecule has 0 radical (unpaired) electrons. The molecule has 0 spiro atoms. The van der Waals surface area contributed by atoms with Crippen molar-refractivity contribution in [3.05, 3.63) is 83.1 Å². The van der Waals surface area contributed by atoms with Gasteiger partial charge in [0.15, 0.2) is 11.5 Å². The van der Waals surface area contributed by atoms with Crippen LogP contribution >= 0.6 is 0 Å². The summed E-state index contributed by atoms with van der Waals surface area (Å²) in [4.78, 5) is 37.0. The predicted molar refractivity (Wildman–Crippen MR) is 147 cm³/mol. The zero-order valence-corrected chi connectivity index (χ0v) is 21.8. The summed E-state index contributed by atoms with van der Waals surface area (Å²) >= 11 is 0. The number of nitrogens with two attached hydrogens (primary N) is 1. The SMILES string of the molecule is CC(C)C=C(C#N)C(=O)N1CCC(n2c(=O)n(-c3ccc(Oc4ccccc4)cc3)c3c(N)ncnc32)CC1. The molecule has 2 N–H and O–H groups in total. The van der Waals surface area contributed by atoms with Crippen LogP contribution in [0, 0.1) is 17.2 Å². The van der Waals surface area contributed by atoms with Crippen molar-refractivity contribution in [1.82, 2.24) is 24.0 Å². The average Bonchev–Trinajstić information content (AvgIpc) is 3.25. The Hall–Kier alpha value is -4.91. The number of carbonyl (C=O) groups excluding carboxylic acids is 1. The number of nitriles is 1. The number of imidazole rings is 1. The number of carbonyl (C=O) groups is 1. The van der Waals surface area contributed by atoms with Crippen molar-refractivity contribution < 1.29 is 9.53 Å². The van der Waals surface area contributed by atoms with Crippen LogP contribution in [0.4, 0.5) is 5.82 Å². The van der Waals surface area contributed by atoms with Crippen LogP contribution in [0.25, 0.3) is 16.9 Å². The Morgan fingerprint density at radius 3 is 2.38 bits per heavy atom. The summed E-state index contributed by atoms with van der Waals surface area (Å²) in [5, 5.41) is 9.44. The molecule has 198 valence electrons. The minimum absolute atomic E-state index is 0.0926. The highest BCUT2D eigenvalue weighted by Gasteiger charge is 2.30. The maximum absolute atomic E-state index is 13.8. The molecule has 0 bridgehead atoms. The van der Waals surface area contributed by atoms with Crippen molar-refractivity contribution >= 4 is 22.9 Å². The second-order valence-electron chi connectivity index (χ2n) is 9.79. The van der Waals surface area contributed by atoms with Crippen molar-refractivity contribution in [1.29, 1.82) is 5.26 Å². The van der Waals surface area contributed by atoms with Crippen LogP contribution in [0.2, 0.25) is 0 Å². The number of aromatic nitrogens is 4. The molecule has 1 saturated heterocycles. The molecule has 3 heterocycles. The van der Waals surface area contributed by atoms with Gasteiger partial charge in [0.05, 0.1) is 5.69 Å². The van der Waals surface area contributed by atoms with E-state index in [1.54, 1.807) is 39.8 Å². The molecule has 0 unspecified atom stereocenters. The number of para-hydroxylation sites is 1. The van der Waals surface area contributed by atoms with Crippen LogP contribution in [-0.4, -0.2) is 43.0 Å².